The number of aliphatic hydroxyl groups is 1. The summed E-state index contributed by atoms with van der Waals surface area (Å²) < 4.78 is 2.08. The molecule has 0 radical (unpaired) electrons. The van der Waals surface area contributed by atoms with E-state index in [9.17, 15) is 0 Å². The Morgan fingerprint density at radius 1 is 1.04 bits per heavy atom. The number of hydrogen-bond donors (Lipinski definition) is 1. The van der Waals surface area contributed by atoms with Crippen LogP contribution in [-0.4, -0.2) is 24.9 Å². The lowest BCUT2D eigenvalue weighted by Crippen LogP contribution is -2.00. The van der Waals surface area contributed by atoms with Crippen LogP contribution in [0.5, 0.6) is 0 Å². The van der Waals surface area contributed by atoms with E-state index in [0.29, 0.717) is 0 Å². The summed E-state index contributed by atoms with van der Waals surface area (Å²) in [5, 5.41) is 18.6. The highest BCUT2D eigenvalue weighted by Gasteiger charge is 2.13. The number of nitrogens with zero attached hydrogens (tertiary/aromatic N) is 4. The topological polar surface area (TPSA) is 63.8 Å². The molecule has 0 aliphatic carbocycles. The molecule has 118 valence electrons. The molecule has 0 aliphatic rings. The number of hydrogen-bond acceptors (Lipinski definition) is 5. The lowest BCUT2D eigenvalue weighted by Gasteiger charge is -2.07. The summed E-state index contributed by atoms with van der Waals surface area (Å²) in [5.74, 6) is 1.61. The third-order valence-corrected chi connectivity index (χ3v) is 4.54. The molecule has 6 heteroatoms. The van der Waals surface area contributed by atoms with Gasteiger partial charge < -0.3 is 9.67 Å². The van der Waals surface area contributed by atoms with E-state index in [1.165, 1.54) is 5.56 Å². The smallest absolute Gasteiger partial charge is 0.191 e. The van der Waals surface area contributed by atoms with Gasteiger partial charge in [-0.15, -0.1) is 10.2 Å². The Labute approximate surface area is 139 Å². The molecular weight excluding hydrogens is 308 g/mol. The first kappa shape index (κ1) is 15.7. The maximum Gasteiger partial charge on any atom is 0.191 e. The monoisotopic (exact) mass is 326 g/mol. The van der Waals surface area contributed by atoms with E-state index < -0.39 is 0 Å². The first-order chi connectivity index (χ1) is 11.3. The number of aromatic nitrogens is 4. The quantitative estimate of drug-likeness (QED) is 0.705. The van der Waals surface area contributed by atoms with Crippen molar-refractivity contribution in [1.82, 2.24) is 19.7 Å². The summed E-state index contributed by atoms with van der Waals surface area (Å²) in [4.78, 5) is 4.35. The van der Waals surface area contributed by atoms with Gasteiger partial charge in [-0.25, -0.2) is 0 Å². The molecule has 0 atom stereocenters. The van der Waals surface area contributed by atoms with Crippen molar-refractivity contribution in [2.45, 2.75) is 31.0 Å². The molecule has 0 saturated carbocycles. The van der Waals surface area contributed by atoms with Crippen molar-refractivity contribution in [2.24, 2.45) is 0 Å². The van der Waals surface area contributed by atoms with Gasteiger partial charge in [0.2, 0.25) is 0 Å². The van der Waals surface area contributed by atoms with Crippen LogP contribution in [-0.2, 0) is 18.9 Å². The van der Waals surface area contributed by atoms with Gasteiger partial charge in [-0.1, -0.05) is 42.1 Å². The third-order valence-electron chi connectivity index (χ3n) is 3.50. The fourth-order valence-corrected chi connectivity index (χ4v) is 3.21. The normalized spacial score (nSPS) is 10.9. The average Bonchev–Trinajstić information content (AvgIpc) is 3.04. The highest BCUT2D eigenvalue weighted by Crippen LogP contribution is 2.25. The molecule has 3 aromatic rings. The van der Waals surface area contributed by atoms with Gasteiger partial charge in [0.05, 0.1) is 6.61 Å². The van der Waals surface area contributed by atoms with Crippen LogP contribution in [0.2, 0.25) is 0 Å². The molecule has 1 N–H and O–H groups in total. The summed E-state index contributed by atoms with van der Waals surface area (Å²) in [6.07, 6.45) is 1.76. The predicted octanol–water partition coefficient (Wildman–Crippen LogP) is 3.14. The molecule has 2 heterocycles. The molecule has 23 heavy (non-hydrogen) atoms. The number of thioether (sulfide) groups is 1. The molecule has 0 unspecified atom stereocenters. The van der Waals surface area contributed by atoms with Crippen LogP contribution < -0.4 is 0 Å². The Bertz CT molecular complexity index is 756. The lowest BCUT2D eigenvalue weighted by molar-refractivity contribution is 0.282. The minimum absolute atomic E-state index is 0.0744. The molecule has 5 nitrogen and oxygen atoms in total. The van der Waals surface area contributed by atoms with E-state index in [4.69, 9.17) is 5.11 Å². The zero-order valence-corrected chi connectivity index (χ0v) is 13.7. The third kappa shape index (κ3) is 3.60. The van der Waals surface area contributed by atoms with Crippen LogP contribution in [0.3, 0.4) is 0 Å². The van der Waals surface area contributed by atoms with Gasteiger partial charge in [-0.2, -0.15) is 0 Å². The van der Waals surface area contributed by atoms with Crippen molar-refractivity contribution in [2.75, 3.05) is 0 Å². The van der Waals surface area contributed by atoms with Crippen molar-refractivity contribution in [3.05, 3.63) is 59.8 Å². The van der Waals surface area contributed by atoms with Crippen molar-refractivity contribution in [3.8, 4) is 11.5 Å². The van der Waals surface area contributed by atoms with Gasteiger partial charge in [0.15, 0.2) is 11.0 Å². The summed E-state index contributed by atoms with van der Waals surface area (Å²) >= 11 is 1.65. The van der Waals surface area contributed by atoms with Crippen LogP contribution >= 0.6 is 11.8 Å². The largest absolute Gasteiger partial charge is 0.392 e. The Morgan fingerprint density at radius 2 is 1.83 bits per heavy atom. The fraction of sp³-hybridized carbons (Fsp3) is 0.235. The first-order valence-electron chi connectivity index (χ1n) is 7.48. The maximum absolute atomic E-state index is 9.08. The highest BCUT2D eigenvalue weighted by atomic mass is 32.2. The van der Waals surface area contributed by atoms with E-state index in [2.05, 4.69) is 26.7 Å². The van der Waals surface area contributed by atoms with Gasteiger partial charge in [0.25, 0.3) is 0 Å². The van der Waals surface area contributed by atoms with E-state index in [1.807, 2.05) is 42.5 Å². The molecule has 0 amide bonds. The summed E-state index contributed by atoms with van der Waals surface area (Å²) in [6.45, 7) is 2.95. The lowest BCUT2D eigenvalue weighted by atomic mass is 10.2. The molecule has 3 rings (SSSR count). The van der Waals surface area contributed by atoms with Crippen molar-refractivity contribution in [3.63, 3.8) is 0 Å². The molecule has 2 aromatic heterocycles. The van der Waals surface area contributed by atoms with E-state index >= 15 is 0 Å². The van der Waals surface area contributed by atoms with E-state index in [1.54, 1.807) is 18.0 Å². The Balaban J connectivity index is 1.76. The second-order valence-electron chi connectivity index (χ2n) is 5.03. The summed E-state index contributed by atoms with van der Waals surface area (Å²) in [6, 6.07) is 13.7. The number of benzene rings is 1. The van der Waals surface area contributed by atoms with Crippen LogP contribution in [0.1, 0.15) is 18.1 Å². The molecule has 0 saturated heterocycles. The molecule has 0 fully saturated rings. The van der Waals surface area contributed by atoms with Crippen LogP contribution in [0.15, 0.2) is 53.8 Å². The zero-order chi connectivity index (χ0) is 16.1. The van der Waals surface area contributed by atoms with Crippen molar-refractivity contribution < 1.29 is 5.11 Å². The Morgan fingerprint density at radius 3 is 2.48 bits per heavy atom. The van der Waals surface area contributed by atoms with Gasteiger partial charge in [0.1, 0.15) is 5.69 Å². The van der Waals surface area contributed by atoms with Gasteiger partial charge in [-0.3, -0.25) is 4.98 Å². The molecule has 0 aliphatic heterocycles. The fourth-order valence-electron chi connectivity index (χ4n) is 2.25. The summed E-state index contributed by atoms with van der Waals surface area (Å²) in [7, 11) is 0. The average molecular weight is 326 g/mol. The number of pyridine rings is 1. The van der Waals surface area contributed by atoms with E-state index in [-0.39, 0.29) is 6.61 Å². The van der Waals surface area contributed by atoms with Crippen LogP contribution in [0.4, 0.5) is 0 Å². The minimum atomic E-state index is 0.0744. The van der Waals surface area contributed by atoms with Crippen molar-refractivity contribution in [1.29, 1.82) is 0 Å². The number of aliphatic hydroxyl groups excluding tert-OH is 1. The zero-order valence-electron chi connectivity index (χ0n) is 12.9. The minimum Gasteiger partial charge on any atom is -0.392 e. The highest BCUT2D eigenvalue weighted by molar-refractivity contribution is 7.98. The Hall–Kier alpha value is -2.18. The van der Waals surface area contributed by atoms with E-state index in [0.717, 1.165) is 34.5 Å². The van der Waals surface area contributed by atoms with Crippen LogP contribution in [0.25, 0.3) is 11.5 Å². The first-order valence-corrected chi connectivity index (χ1v) is 8.46. The molecular formula is C17H18N4OS. The van der Waals surface area contributed by atoms with Gasteiger partial charge >= 0.3 is 0 Å². The standard InChI is InChI=1S/C17H18N4OS/c1-2-21-16(15-5-3-4-10-18-15)19-20-17(21)23-12-14-8-6-13(11-22)7-9-14/h3-10,22H,2,11-12H2,1H3. The molecule has 1 aromatic carbocycles. The predicted molar refractivity (Wildman–Crippen MR) is 90.9 cm³/mol. The summed E-state index contributed by atoms with van der Waals surface area (Å²) in [5.41, 5.74) is 2.95. The molecule has 0 spiro atoms. The number of rotatable bonds is 6. The maximum atomic E-state index is 9.08. The van der Waals surface area contributed by atoms with Gasteiger partial charge in [-0.05, 0) is 30.2 Å². The second kappa shape index (κ2) is 7.39. The van der Waals surface area contributed by atoms with Gasteiger partial charge in [0, 0.05) is 18.5 Å². The second-order valence-corrected chi connectivity index (χ2v) is 5.97. The van der Waals surface area contributed by atoms with Crippen LogP contribution in [0, 0.1) is 0 Å². The van der Waals surface area contributed by atoms with Crippen molar-refractivity contribution >= 4 is 11.8 Å². The Kier molecular flexibility index (Phi) is 5.05. The molecule has 0 bridgehead atoms. The SMILES string of the molecule is CCn1c(SCc2ccc(CO)cc2)nnc1-c1ccccn1.